The van der Waals surface area contributed by atoms with E-state index in [1.54, 1.807) is 0 Å². The molecule has 1 aliphatic carbocycles. The molecule has 0 atom stereocenters. The Labute approximate surface area is 302 Å². The van der Waals surface area contributed by atoms with Crippen LogP contribution in [0.3, 0.4) is 0 Å². The molecule has 0 unspecified atom stereocenters. The Morgan fingerprint density at radius 3 is 1.67 bits per heavy atom. The topological polar surface area (TPSA) is 43.6 Å². The number of rotatable bonds is 5. The summed E-state index contributed by atoms with van der Waals surface area (Å²) in [4.78, 5) is 15.4. The maximum absolute atomic E-state index is 5.20. The Morgan fingerprint density at radius 1 is 0.385 bits per heavy atom. The zero-order valence-corrected chi connectivity index (χ0v) is 29.0. The van der Waals surface area contributed by atoms with Crippen LogP contribution in [0, 0.1) is 0 Å². The van der Waals surface area contributed by atoms with Gasteiger partial charge in [0.1, 0.15) is 0 Å². The van der Waals surface area contributed by atoms with Crippen molar-refractivity contribution in [1.29, 1.82) is 0 Å². The minimum absolute atomic E-state index is 0.120. The molecule has 0 saturated heterocycles. The Kier molecular flexibility index (Phi) is 6.80. The highest BCUT2D eigenvalue weighted by molar-refractivity contribution is 6.12. The van der Waals surface area contributed by atoms with Crippen LogP contribution in [0.2, 0.25) is 0 Å². The number of hydrogen-bond donors (Lipinski definition) is 0. The van der Waals surface area contributed by atoms with Crippen molar-refractivity contribution >= 4 is 21.8 Å². The van der Waals surface area contributed by atoms with E-state index < -0.39 is 0 Å². The molecule has 1 aliphatic rings. The van der Waals surface area contributed by atoms with Crippen molar-refractivity contribution in [2.75, 3.05) is 0 Å². The lowest BCUT2D eigenvalue weighted by Crippen LogP contribution is -2.15. The van der Waals surface area contributed by atoms with Gasteiger partial charge in [-0.25, -0.2) is 15.0 Å². The molecule has 2 aromatic heterocycles. The molecule has 0 fully saturated rings. The van der Waals surface area contributed by atoms with Gasteiger partial charge in [0.25, 0.3) is 0 Å². The zero-order chi connectivity index (χ0) is 34.8. The van der Waals surface area contributed by atoms with E-state index in [1.165, 1.54) is 44.1 Å². The highest BCUT2D eigenvalue weighted by Gasteiger charge is 2.36. The summed E-state index contributed by atoms with van der Waals surface area (Å²) < 4.78 is 2.40. The second kappa shape index (κ2) is 11.7. The third-order valence-corrected chi connectivity index (χ3v) is 10.7. The van der Waals surface area contributed by atoms with Crippen LogP contribution in [0.15, 0.2) is 170 Å². The van der Waals surface area contributed by atoms with Gasteiger partial charge in [-0.05, 0) is 63.7 Å². The molecule has 0 aliphatic heterocycles. The van der Waals surface area contributed by atoms with Gasteiger partial charge in [0.15, 0.2) is 17.5 Å². The molecular weight excluding hydrogens is 633 g/mol. The quantitative estimate of drug-likeness (QED) is 0.184. The van der Waals surface area contributed by atoms with Crippen molar-refractivity contribution in [1.82, 2.24) is 19.5 Å². The van der Waals surface area contributed by atoms with Crippen molar-refractivity contribution in [3.8, 4) is 62.1 Å². The normalized spacial score (nSPS) is 13.0. The summed E-state index contributed by atoms with van der Waals surface area (Å²) in [5, 5.41) is 2.45. The summed E-state index contributed by atoms with van der Waals surface area (Å²) in [5.74, 6) is 1.91. The van der Waals surface area contributed by atoms with Gasteiger partial charge in [0.05, 0.1) is 16.7 Å². The number of nitrogens with zero attached hydrogens (tertiary/aromatic N) is 4. The molecule has 246 valence electrons. The molecule has 7 aromatic carbocycles. The molecule has 0 radical (unpaired) electrons. The number of benzene rings is 7. The Balaban J connectivity index is 1.19. The van der Waals surface area contributed by atoms with Gasteiger partial charge in [-0.15, -0.1) is 0 Å². The molecular formula is C48H34N4. The van der Waals surface area contributed by atoms with Crippen molar-refractivity contribution in [2.24, 2.45) is 0 Å². The minimum atomic E-state index is -0.120. The van der Waals surface area contributed by atoms with E-state index in [2.05, 4.69) is 164 Å². The van der Waals surface area contributed by atoms with Gasteiger partial charge in [-0.1, -0.05) is 153 Å². The third-order valence-electron chi connectivity index (χ3n) is 10.7. The zero-order valence-electron chi connectivity index (χ0n) is 29.0. The predicted octanol–water partition coefficient (Wildman–Crippen LogP) is 11.9. The summed E-state index contributed by atoms with van der Waals surface area (Å²) in [6.07, 6.45) is 0. The smallest absolute Gasteiger partial charge is 0.166 e. The van der Waals surface area contributed by atoms with Crippen LogP contribution >= 0.6 is 0 Å². The molecule has 0 N–H and O–H groups in total. The second-order valence-corrected chi connectivity index (χ2v) is 14.1. The van der Waals surface area contributed by atoms with Crippen molar-refractivity contribution < 1.29 is 0 Å². The summed E-state index contributed by atoms with van der Waals surface area (Å²) in [7, 11) is 0. The van der Waals surface area contributed by atoms with Gasteiger partial charge in [0, 0.05) is 32.9 Å². The number of para-hydroxylation sites is 2. The van der Waals surface area contributed by atoms with E-state index in [1.807, 2.05) is 24.3 Å². The van der Waals surface area contributed by atoms with Crippen LogP contribution < -0.4 is 0 Å². The van der Waals surface area contributed by atoms with E-state index >= 15 is 0 Å². The lowest BCUT2D eigenvalue weighted by atomic mass is 9.82. The maximum Gasteiger partial charge on any atom is 0.166 e. The first-order valence-electron chi connectivity index (χ1n) is 17.8. The molecule has 52 heavy (non-hydrogen) atoms. The highest BCUT2D eigenvalue weighted by Crippen LogP contribution is 2.51. The molecule has 10 rings (SSSR count). The number of fused-ring (bicyclic) bond motifs is 6. The third kappa shape index (κ3) is 4.72. The van der Waals surface area contributed by atoms with Gasteiger partial charge >= 0.3 is 0 Å². The standard InChI is InChI=1S/C48H34N4/c1-48(2)40-22-12-9-19-35(40)38-29-39-36-20-10-13-23-42(36)52(44(39)30-41(38)48)43-24-14-11-21-37(43)47-50-45(33-17-7-4-8-18-33)49-46(51-47)34-27-25-32(26-28-34)31-15-5-3-6-16-31/h3-30H,1-2H3. The summed E-state index contributed by atoms with van der Waals surface area (Å²) >= 11 is 0. The SMILES string of the molecule is CC1(C)c2ccccc2-c2cc3c4ccccc4n(-c4ccccc4-c4nc(-c5ccccc5)nc(-c5ccc(-c6ccccc6)cc5)n4)c3cc21. The molecule has 9 aromatic rings. The van der Waals surface area contributed by atoms with E-state index in [4.69, 9.17) is 15.0 Å². The first kappa shape index (κ1) is 30.2. The average Bonchev–Trinajstić information content (AvgIpc) is 3.65. The molecule has 4 nitrogen and oxygen atoms in total. The van der Waals surface area contributed by atoms with Gasteiger partial charge in [-0.3, -0.25) is 0 Å². The molecule has 0 amide bonds. The van der Waals surface area contributed by atoms with E-state index in [-0.39, 0.29) is 5.41 Å². The lowest BCUT2D eigenvalue weighted by molar-refractivity contribution is 0.661. The number of hydrogen-bond acceptors (Lipinski definition) is 3. The van der Waals surface area contributed by atoms with Crippen molar-refractivity contribution in [3.63, 3.8) is 0 Å². The molecule has 0 spiro atoms. The fourth-order valence-corrected chi connectivity index (χ4v) is 8.06. The molecule has 0 bridgehead atoms. The van der Waals surface area contributed by atoms with Crippen LogP contribution in [-0.2, 0) is 5.41 Å². The van der Waals surface area contributed by atoms with Gasteiger partial charge in [0.2, 0.25) is 0 Å². The van der Waals surface area contributed by atoms with Crippen LogP contribution in [-0.4, -0.2) is 19.5 Å². The fourth-order valence-electron chi connectivity index (χ4n) is 8.06. The summed E-state index contributed by atoms with van der Waals surface area (Å²) in [5.41, 5.74) is 13.7. The minimum Gasteiger partial charge on any atom is -0.308 e. The number of aromatic nitrogens is 4. The first-order chi connectivity index (χ1) is 25.5. The largest absolute Gasteiger partial charge is 0.308 e. The van der Waals surface area contributed by atoms with Crippen molar-refractivity contribution in [3.05, 3.63) is 181 Å². The Morgan fingerprint density at radius 2 is 0.923 bits per heavy atom. The lowest BCUT2D eigenvalue weighted by Gasteiger charge is -2.22. The molecule has 2 heterocycles. The highest BCUT2D eigenvalue weighted by atomic mass is 15.1. The average molecular weight is 667 g/mol. The monoisotopic (exact) mass is 666 g/mol. The summed E-state index contributed by atoms with van der Waals surface area (Å²) in [6, 6.07) is 60.0. The Bertz CT molecular complexity index is 2800. The van der Waals surface area contributed by atoms with Crippen LogP contribution in [0.4, 0.5) is 0 Å². The molecule has 4 heteroatoms. The first-order valence-corrected chi connectivity index (χ1v) is 17.8. The van der Waals surface area contributed by atoms with E-state index in [9.17, 15) is 0 Å². The molecule has 0 saturated carbocycles. The second-order valence-electron chi connectivity index (χ2n) is 14.1. The van der Waals surface area contributed by atoms with E-state index in [0.29, 0.717) is 17.5 Å². The fraction of sp³-hybridized carbons (Fsp3) is 0.0625. The van der Waals surface area contributed by atoms with Gasteiger partial charge < -0.3 is 4.57 Å². The van der Waals surface area contributed by atoms with Crippen molar-refractivity contribution in [2.45, 2.75) is 19.3 Å². The summed E-state index contributed by atoms with van der Waals surface area (Å²) in [6.45, 7) is 4.68. The van der Waals surface area contributed by atoms with Crippen LogP contribution in [0.1, 0.15) is 25.0 Å². The van der Waals surface area contributed by atoms with Crippen LogP contribution in [0.25, 0.3) is 83.9 Å². The van der Waals surface area contributed by atoms with Crippen LogP contribution in [0.5, 0.6) is 0 Å². The maximum atomic E-state index is 5.20. The predicted molar refractivity (Wildman–Crippen MR) is 213 cm³/mol. The van der Waals surface area contributed by atoms with Gasteiger partial charge in [-0.2, -0.15) is 0 Å². The Hall–Kier alpha value is -6.65. The van der Waals surface area contributed by atoms with E-state index in [0.717, 1.165) is 33.5 Å².